The molecule has 3 rings (SSSR count). The maximum absolute atomic E-state index is 10.6. The summed E-state index contributed by atoms with van der Waals surface area (Å²) in [6.45, 7) is 0.915. The van der Waals surface area contributed by atoms with Crippen LogP contribution in [0.3, 0.4) is 0 Å². The minimum absolute atomic E-state index is 0.374. The first-order valence-electron chi connectivity index (χ1n) is 7.21. The molecule has 2 aliphatic heterocycles. The molecule has 2 heterocycles. The molecule has 3 nitrogen and oxygen atoms in total. The summed E-state index contributed by atoms with van der Waals surface area (Å²) < 4.78 is 5.53. The zero-order valence-corrected chi connectivity index (χ0v) is 10.9. The minimum atomic E-state index is -0.374. The topological polar surface area (TPSA) is 32.7 Å². The Balaban J connectivity index is 1.65. The molecule has 0 amide bonds. The number of hydrogen-bond donors (Lipinski definition) is 1. The smallest absolute Gasteiger partial charge is 0.0774 e. The molecule has 1 N–H and O–H groups in total. The van der Waals surface area contributed by atoms with E-state index in [-0.39, 0.29) is 5.60 Å². The maximum Gasteiger partial charge on any atom is 0.0774 e. The molecule has 1 saturated carbocycles. The number of ether oxygens (including phenoxy) is 1. The van der Waals surface area contributed by atoms with Crippen molar-refractivity contribution in [2.45, 2.75) is 75.2 Å². The van der Waals surface area contributed by atoms with Gasteiger partial charge in [-0.25, -0.2) is 0 Å². The van der Waals surface area contributed by atoms with Crippen LogP contribution in [0.1, 0.15) is 51.4 Å². The second-order valence-electron chi connectivity index (χ2n) is 6.32. The van der Waals surface area contributed by atoms with E-state index in [1.165, 1.54) is 38.5 Å². The van der Waals surface area contributed by atoms with Crippen molar-refractivity contribution in [2.75, 3.05) is 13.7 Å². The molecule has 2 saturated heterocycles. The second kappa shape index (κ2) is 4.52. The van der Waals surface area contributed by atoms with Crippen molar-refractivity contribution >= 4 is 0 Å². The predicted octanol–water partition coefficient (Wildman–Crippen LogP) is 1.93. The predicted molar refractivity (Wildman–Crippen MR) is 67.0 cm³/mol. The highest BCUT2D eigenvalue weighted by molar-refractivity contribution is 4.99. The van der Waals surface area contributed by atoms with Gasteiger partial charge in [0.1, 0.15) is 0 Å². The van der Waals surface area contributed by atoms with Crippen molar-refractivity contribution < 1.29 is 9.84 Å². The molecule has 98 valence electrons. The van der Waals surface area contributed by atoms with E-state index in [0.29, 0.717) is 18.2 Å². The van der Waals surface area contributed by atoms with Crippen LogP contribution >= 0.6 is 0 Å². The number of methoxy groups -OCH3 is 1. The van der Waals surface area contributed by atoms with Gasteiger partial charge in [0.15, 0.2) is 0 Å². The number of fused-ring (bicyclic) bond motifs is 2. The Morgan fingerprint density at radius 1 is 1.18 bits per heavy atom. The first-order chi connectivity index (χ1) is 8.20. The molecule has 0 radical (unpaired) electrons. The highest BCUT2D eigenvalue weighted by Crippen LogP contribution is 2.40. The molecule has 17 heavy (non-hydrogen) atoms. The zero-order chi connectivity index (χ0) is 11.9. The SMILES string of the molecule is COC1CC2CCC(C1)N2CC1(O)CCCC1. The molecule has 1 aliphatic carbocycles. The molecule has 0 aromatic heterocycles. The van der Waals surface area contributed by atoms with Gasteiger partial charge in [0.25, 0.3) is 0 Å². The monoisotopic (exact) mass is 239 g/mol. The summed E-state index contributed by atoms with van der Waals surface area (Å²) in [7, 11) is 1.84. The summed E-state index contributed by atoms with van der Waals surface area (Å²) >= 11 is 0. The summed E-state index contributed by atoms with van der Waals surface area (Å²) in [6, 6.07) is 1.34. The first kappa shape index (κ1) is 11.9. The molecule has 2 unspecified atom stereocenters. The van der Waals surface area contributed by atoms with Crippen molar-refractivity contribution in [2.24, 2.45) is 0 Å². The molecule has 2 atom stereocenters. The van der Waals surface area contributed by atoms with Crippen molar-refractivity contribution in [3.63, 3.8) is 0 Å². The van der Waals surface area contributed by atoms with E-state index >= 15 is 0 Å². The minimum Gasteiger partial charge on any atom is -0.389 e. The Labute approximate surface area is 104 Å². The number of nitrogens with zero attached hydrogens (tertiary/aromatic N) is 1. The van der Waals surface area contributed by atoms with Crippen LogP contribution in [-0.2, 0) is 4.74 Å². The van der Waals surface area contributed by atoms with E-state index in [9.17, 15) is 5.11 Å². The van der Waals surface area contributed by atoms with Gasteiger partial charge in [-0.3, -0.25) is 4.90 Å². The molecule has 3 aliphatic rings. The van der Waals surface area contributed by atoms with Gasteiger partial charge in [-0.05, 0) is 38.5 Å². The van der Waals surface area contributed by atoms with Crippen LogP contribution in [-0.4, -0.2) is 47.4 Å². The van der Waals surface area contributed by atoms with Gasteiger partial charge >= 0.3 is 0 Å². The molecule has 0 aromatic carbocycles. The third-order valence-electron chi connectivity index (χ3n) is 5.19. The lowest BCUT2D eigenvalue weighted by molar-refractivity contribution is -0.0455. The Bertz CT molecular complexity index is 261. The van der Waals surface area contributed by atoms with Gasteiger partial charge in [0, 0.05) is 25.7 Å². The quantitative estimate of drug-likeness (QED) is 0.817. The molecular formula is C14H25NO2. The summed E-state index contributed by atoms with van der Waals surface area (Å²) in [6.07, 6.45) is 9.85. The van der Waals surface area contributed by atoms with Crippen LogP contribution < -0.4 is 0 Å². The normalized spacial score (nSPS) is 40.9. The van der Waals surface area contributed by atoms with Gasteiger partial charge in [-0.2, -0.15) is 0 Å². The Kier molecular flexibility index (Phi) is 3.18. The van der Waals surface area contributed by atoms with Gasteiger partial charge in [-0.15, -0.1) is 0 Å². The Hall–Kier alpha value is -0.120. The fraction of sp³-hybridized carbons (Fsp3) is 1.00. The van der Waals surface area contributed by atoms with Crippen LogP contribution in [0.5, 0.6) is 0 Å². The number of piperidine rings is 1. The standard InChI is InChI=1S/C14H25NO2/c1-17-13-8-11-4-5-12(9-13)15(11)10-14(16)6-2-3-7-14/h11-13,16H,2-10H2,1H3. The molecule has 0 spiro atoms. The van der Waals surface area contributed by atoms with E-state index in [1.807, 2.05) is 7.11 Å². The number of aliphatic hydroxyl groups is 1. The lowest BCUT2D eigenvalue weighted by Gasteiger charge is -2.41. The van der Waals surface area contributed by atoms with Gasteiger partial charge in [0.2, 0.25) is 0 Å². The van der Waals surface area contributed by atoms with E-state index in [0.717, 1.165) is 19.4 Å². The summed E-state index contributed by atoms with van der Waals surface area (Å²) in [5.41, 5.74) is -0.374. The number of rotatable bonds is 3. The van der Waals surface area contributed by atoms with Crippen molar-refractivity contribution in [3.05, 3.63) is 0 Å². The lowest BCUT2D eigenvalue weighted by atomic mass is 9.95. The maximum atomic E-state index is 10.6. The number of hydrogen-bond acceptors (Lipinski definition) is 3. The fourth-order valence-electron chi connectivity index (χ4n) is 4.21. The van der Waals surface area contributed by atoms with Crippen molar-refractivity contribution in [1.29, 1.82) is 0 Å². The third-order valence-corrected chi connectivity index (χ3v) is 5.19. The summed E-state index contributed by atoms with van der Waals surface area (Å²) in [4.78, 5) is 2.60. The molecule has 2 bridgehead atoms. The van der Waals surface area contributed by atoms with Gasteiger partial charge in [-0.1, -0.05) is 12.8 Å². The largest absolute Gasteiger partial charge is 0.389 e. The molecule has 3 heteroatoms. The van der Waals surface area contributed by atoms with Crippen LogP contribution in [0.2, 0.25) is 0 Å². The van der Waals surface area contributed by atoms with Crippen molar-refractivity contribution in [1.82, 2.24) is 4.90 Å². The van der Waals surface area contributed by atoms with E-state index < -0.39 is 0 Å². The first-order valence-corrected chi connectivity index (χ1v) is 7.21. The Morgan fingerprint density at radius 3 is 2.29 bits per heavy atom. The summed E-state index contributed by atoms with van der Waals surface area (Å²) in [5.74, 6) is 0. The van der Waals surface area contributed by atoms with Gasteiger partial charge in [0.05, 0.1) is 11.7 Å². The molecular weight excluding hydrogens is 214 g/mol. The summed E-state index contributed by atoms with van der Waals surface area (Å²) in [5, 5.41) is 10.6. The average Bonchev–Trinajstić information content (AvgIpc) is 2.82. The van der Waals surface area contributed by atoms with Crippen LogP contribution in [0, 0.1) is 0 Å². The third kappa shape index (κ3) is 2.25. The van der Waals surface area contributed by atoms with Crippen LogP contribution in [0.25, 0.3) is 0 Å². The average molecular weight is 239 g/mol. The lowest BCUT2D eigenvalue weighted by Crippen LogP contribution is -2.51. The highest BCUT2D eigenvalue weighted by Gasteiger charge is 2.44. The van der Waals surface area contributed by atoms with E-state index in [2.05, 4.69) is 4.90 Å². The van der Waals surface area contributed by atoms with Crippen molar-refractivity contribution in [3.8, 4) is 0 Å². The van der Waals surface area contributed by atoms with Gasteiger partial charge < -0.3 is 9.84 Å². The molecule has 3 fully saturated rings. The molecule has 0 aromatic rings. The zero-order valence-electron chi connectivity index (χ0n) is 10.9. The van der Waals surface area contributed by atoms with E-state index in [4.69, 9.17) is 4.74 Å². The Morgan fingerprint density at radius 2 is 1.76 bits per heavy atom. The highest BCUT2D eigenvalue weighted by atomic mass is 16.5. The van der Waals surface area contributed by atoms with E-state index in [1.54, 1.807) is 0 Å². The second-order valence-corrected chi connectivity index (χ2v) is 6.32. The fourth-order valence-corrected chi connectivity index (χ4v) is 4.21. The van der Waals surface area contributed by atoms with Crippen LogP contribution in [0.4, 0.5) is 0 Å². The van der Waals surface area contributed by atoms with Crippen LogP contribution in [0.15, 0.2) is 0 Å².